The van der Waals surface area contributed by atoms with Gasteiger partial charge in [-0.3, -0.25) is 0 Å². The van der Waals surface area contributed by atoms with Gasteiger partial charge >= 0.3 is 12.0 Å². The van der Waals surface area contributed by atoms with Gasteiger partial charge in [0.1, 0.15) is 0 Å². The molecule has 110 valence electrons. The van der Waals surface area contributed by atoms with Crippen LogP contribution in [0.25, 0.3) is 0 Å². The number of halogens is 1. The molecule has 0 saturated carbocycles. The van der Waals surface area contributed by atoms with Crippen molar-refractivity contribution < 1.29 is 19.2 Å². The fourth-order valence-corrected chi connectivity index (χ4v) is 1.79. The molecular weight excluding hydrogens is 300 g/mol. The third-order valence-corrected chi connectivity index (χ3v) is 2.81. The van der Waals surface area contributed by atoms with Crippen molar-refractivity contribution in [3.8, 4) is 0 Å². The van der Waals surface area contributed by atoms with E-state index < -0.39 is 12.0 Å². The minimum absolute atomic E-state index is 0.0280. The number of aromatic carboxylic acids is 1. The lowest BCUT2D eigenvalue weighted by atomic mass is 10.2. The molecule has 0 radical (unpaired) electrons. The first-order valence-corrected chi connectivity index (χ1v) is 6.27. The fourth-order valence-electron chi connectivity index (χ4n) is 1.53. The molecule has 0 unspecified atom stereocenters. The van der Waals surface area contributed by atoms with Gasteiger partial charge in [-0.05, 0) is 18.2 Å². The van der Waals surface area contributed by atoms with Crippen molar-refractivity contribution >= 4 is 29.3 Å². The van der Waals surface area contributed by atoms with Crippen LogP contribution in [0.5, 0.6) is 0 Å². The Hall–Kier alpha value is -2.61. The first-order chi connectivity index (χ1) is 10.1. The number of carbonyl (C=O) groups excluding carboxylic acids is 1. The summed E-state index contributed by atoms with van der Waals surface area (Å²) < 4.78 is 4.56. The van der Waals surface area contributed by atoms with Crippen molar-refractivity contribution in [2.24, 2.45) is 0 Å². The number of nitrogens with zero attached hydrogens (tertiary/aromatic N) is 2. The molecule has 0 fully saturated rings. The number of carbonyl (C=O) groups is 2. The molecule has 3 N–H and O–H groups in total. The number of anilines is 1. The number of hydrogen-bond donors (Lipinski definition) is 3. The normalized spacial score (nSPS) is 10.1. The maximum atomic E-state index is 11.6. The molecule has 8 nitrogen and oxygen atoms in total. The van der Waals surface area contributed by atoms with Crippen LogP contribution in [-0.2, 0) is 6.42 Å². The molecule has 2 aromatic rings. The van der Waals surface area contributed by atoms with E-state index in [1.807, 2.05) is 0 Å². The van der Waals surface area contributed by atoms with Crippen LogP contribution in [0.2, 0.25) is 5.02 Å². The monoisotopic (exact) mass is 310 g/mol. The third kappa shape index (κ3) is 4.18. The lowest BCUT2D eigenvalue weighted by Gasteiger charge is -2.08. The Morgan fingerprint density at radius 1 is 1.38 bits per heavy atom. The zero-order chi connectivity index (χ0) is 15.2. The van der Waals surface area contributed by atoms with E-state index >= 15 is 0 Å². The summed E-state index contributed by atoms with van der Waals surface area (Å²) in [5.41, 5.74) is 0.363. The summed E-state index contributed by atoms with van der Waals surface area (Å²) in [7, 11) is 0. The molecule has 0 atom stereocenters. The Morgan fingerprint density at radius 2 is 2.19 bits per heavy atom. The predicted octanol–water partition coefficient (Wildman–Crippen LogP) is 1.79. The molecule has 0 spiro atoms. The summed E-state index contributed by atoms with van der Waals surface area (Å²) in [5.74, 6) is -0.639. The summed E-state index contributed by atoms with van der Waals surface area (Å²) in [6, 6.07) is 3.69. The third-order valence-electron chi connectivity index (χ3n) is 2.50. The van der Waals surface area contributed by atoms with Crippen LogP contribution in [-0.4, -0.2) is 33.8 Å². The number of benzene rings is 1. The average molecular weight is 311 g/mol. The second-order valence-electron chi connectivity index (χ2n) is 3.98. The summed E-state index contributed by atoms with van der Waals surface area (Å²) in [4.78, 5) is 26.2. The number of aromatic nitrogens is 2. The highest BCUT2D eigenvalue weighted by atomic mass is 35.5. The van der Waals surface area contributed by atoms with E-state index in [2.05, 4.69) is 25.3 Å². The average Bonchev–Trinajstić information content (AvgIpc) is 2.91. The Balaban J connectivity index is 1.85. The van der Waals surface area contributed by atoms with Gasteiger partial charge < -0.3 is 20.3 Å². The predicted molar refractivity (Wildman–Crippen MR) is 73.4 cm³/mol. The zero-order valence-electron chi connectivity index (χ0n) is 10.7. The first-order valence-electron chi connectivity index (χ1n) is 5.89. The summed E-state index contributed by atoms with van der Waals surface area (Å²) >= 11 is 5.80. The smallest absolute Gasteiger partial charge is 0.337 e. The van der Waals surface area contributed by atoms with Gasteiger partial charge in [-0.2, -0.15) is 4.98 Å². The van der Waals surface area contributed by atoms with Crippen molar-refractivity contribution in [1.29, 1.82) is 0 Å². The van der Waals surface area contributed by atoms with E-state index in [4.69, 9.17) is 16.7 Å². The Labute approximate surface area is 124 Å². The van der Waals surface area contributed by atoms with E-state index in [0.717, 1.165) is 0 Å². The number of carboxylic acid groups (broad SMARTS) is 1. The van der Waals surface area contributed by atoms with Crippen LogP contribution in [0.3, 0.4) is 0 Å². The highest BCUT2D eigenvalue weighted by molar-refractivity contribution is 6.33. The van der Waals surface area contributed by atoms with Crippen LogP contribution < -0.4 is 10.6 Å². The molecule has 2 rings (SSSR count). The van der Waals surface area contributed by atoms with Crippen LogP contribution in [0.4, 0.5) is 10.5 Å². The lowest BCUT2D eigenvalue weighted by molar-refractivity contribution is 0.0697. The number of amides is 2. The van der Waals surface area contributed by atoms with Gasteiger partial charge in [-0.25, -0.2) is 9.59 Å². The maximum absolute atomic E-state index is 11.6. The number of rotatable bonds is 5. The van der Waals surface area contributed by atoms with Crippen LogP contribution in [0, 0.1) is 0 Å². The first kappa shape index (κ1) is 14.8. The second kappa shape index (κ2) is 6.71. The van der Waals surface area contributed by atoms with Crippen molar-refractivity contribution in [1.82, 2.24) is 15.5 Å². The van der Waals surface area contributed by atoms with E-state index in [1.165, 1.54) is 24.6 Å². The van der Waals surface area contributed by atoms with Crippen molar-refractivity contribution in [3.05, 3.63) is 41.0 Å². The molecule has 0 aliphatic carbocycles. The van der Waals surface area contributed by atoms with Crippen molar-refractivity contribution in [2.75, 3.05) is 11.9 Å². The molecule has 0 saturated heterocycles. The molecule has 0 aliphatic rings. The van der Waals surface area contributed by atoms with Gasteiger partial charge in [0, 0.05) is 18.7 Å². The van der Waals surface area contributed by atoms with Crippen LogP contribution >= 0.6 is 11.6 Å². The molecule has 9 heteroatoms. The number of nitrogens with one attached hydrogen (secondary N) is 2. The lowest BCUT2D eigenvalue weighted by Crippen LogP contribution is -2.30. The van der Waals surface area contributed by atoms with Gasteiger partial charge in [0.25, 0.3) is 0 Å². The summed E-state index contributed by atoms with van der Waals surface area (Å²) in [5, 5.41) is 17.6. The number of carboxylic acids is 1. The topological polar surface area (TPSA) is 117 Å². The zero-order valence-corrected chi connectivity index (χ0v) is 11.4. The molecule has 21 heavy (non-hydrogen) atoms. The minimum Gasteiger partial charge on any atom is -0.478 e. The molecule has 1 aromatic heterocycles. The van der Waals surface area contributed by atoms with E-state index in [-0.39, 0.29) is 10.6 Å². The van der Waals surface area contributed by atoms with Crippen LogP contribution in [0.15, 0.2) is 29.1 Å². The Morgan fingerprint density at radius 3 is 2.81 bits per heavy atom. The van der Waals surface area contributed by atoms with Gasteiger partial charge in [0.15, 0.2) is 5.82 Å². The summed E-state index contributed by atoms with van der Waals surface area (Å²) in [6.45, 7) is 0.326. The highest BCUT2D eigenvalue weighted by Crippen LogP contribution is 2.20. The van der Waals surface area contributed by atoms with Crippen LogP contribution in [0.1, 0.15) is 16.2 Å². The van der Waals surface area contributed by atoms with E-state index in [1.54, 1.807) is 0 Å². The Kier molecular flexibility index (Phi) is 4.72. The molecule has 0 bridgehead atoms. The molecule has 2 amide bonds. The second-order valence-corrected chi connectivity index (χ2v) is 4.39. The standard InChI is InChI=1S/C12H11ClN4O4/c13-9-5-7(1-2-8(9)11(18)19)16-12(20)14-4-3-10-15-6-21-17-10/h1-2,5-6H,3-4H2,(H,18,19)(H2,14,16,20). The SMILES string of the molecule is O=C(NCCc1ncon1)Nc1ccc(C(=O)O)c(Cl)c1. The summed E-state index contributed by atoms with van der Waals surface area (Å²) in [6.07, 6.45) is 1.64. The van der Waals surface area contributed by atoms with Gasteiger partial charge in [-0.1, -0.05) is 16.8 Å². The van der Waals surface area contributed by atoms with Gasteiger partial charge in [0.2, 0.25) is 6.39 Å². The van der Waals surface area contributed by atoms with E-state index in [0.29, 0.717) is 24.5 Å². The number of hydrogen-bond acceptors (Lipinski definition) is 5. The minimum atomic E-state index is -1.13. The van der Waals surface area contributed by atoms with Gasteiger partial charge in [-0.15, -0.1) is 0 Å². The number of urea groups is 1. The highest BCUT2D eigenvalue weighted by Gasteiger charge is 2.10. The largest absolute Gasteiger partial charge is 0.478 e. The molecule has 1 heterocycles. The van der Waals surface area contributed by atoms with E-state index in [9.17, 15) is 9.59 Å². The van der Waals surface area contributed by atoms with Gasteiger partial charge in [0.05, 0.1) is 10.6 Å². The van der Waals surface area contributed by atoms with Crippen molar-refractivity contribution in [2.45, 2.75) is 6.42 Å². The maximum Gasteiger partial charge on any atom is 0.337 e. The Bertz CT molecular complexity index is 645. The van der Waals surface area contributed by atoms with Crippen molar-refractivity contribution in [3.63, 3.8) is 0 Å². The molecular formula is C12H11ClN4O4. The molecule has 0 aliphatic heterocycles. The fraction of sp³-hybridized carbons (Fsp3) is 0.167. The quantitative estimate of drug-likeness (QED) is 0.775. The molecule has 1 aromatic carbocycles.